The van der Waals surface area contributed by atoms with Crippen LogP contribution in [0.1, 0.15) is 35.7 Å². The fourth-order valence-corrected chi connectivity index (χ4v) is 2.33. The van der Waals surface area contributed by atoms with Crippen LogP contribution >= 0.6 is 0 Å². The molecule has 0 aliphatic rings. The topological polar surface area (TPSA) is 60.0 Å². The minimum atomic E-state index is 0.0178. The third-order valence-corrected chi connectivity index (χ3v) is 3.97. The smallest absolute Gasteiger partial charge is 0.253 e. The first-order chi connectivity index (χ1) is 12.0. The van der Waals surface area contributed by atoms with E-state index in [9.17, 15) is 4.79 Å². The summed E-state index contributed by atoms with van der Waals surface area (Å²) in [6.07, 6.45) is 2.45. The highest BCUT2D eigenvalue weighted by molar-refractivity contribution is 5.93. The molecule has 0 bridgehead atoms. The van der Waals surface area contributed by atoms with Crippen molar-refractivity contribution in [3.05, 3.63) is 35.4 Å². The molecular weight excluding hydrogens is 314 g/mol. The van der Waals surface area contributed by atoms with Crippen LogP contribution in [0.2, 0.25) is 0 Å². The van der Waals surface area contributed by atoms with Crippen LogP contribution in [-0.4, -0.2) is 69.5 Å². The van der Waals surface area contributed by atoms with Gasteiger partial charge in [0, 0.05) is 46.3 Å². The third-order valence-electron chi connectivity index (χ3n) is 3.97. The average Bonchev–Trinajstić information content (AvgIpc) is 2.62. The molecule has 0 saturated carbocycles. The minimum absolute atomic E-state index is 0.0178. The van der Waals surface area contributed by atoms with Crippen molar-refractivity contribution < 1.29 is 4.79 Å². The molecule has 0 atom stereocenters. The molecule has 0 fully saturated rings. The molecule has 0 unspecified atom stereocenters. The van der Waals surface area contributed by atoms with E-state index >= 15 is 0 Å². The summed E-state index contributed by atoms with van der Waals surface area (Å²) in [6, 6.07) is 7.65. The standard InChI is InChI=1S/C19H33N5O/c1-6-7-13-24(5)14-12-21-19(20-2)22-15-16-8-10-17(11-9-16)18(25)23(3)4/h8-11H,6-7,12-15H2,1-5H3,(H2,20,21,22). The van der Waals surface area contributed by atoms with E-state index in [4.69, 9.17) is 0 Å². The van der Waals surface area contributed by atoms with Gasteiger partial charge in [0.05, 0.1) is 0 Å². The van der Waals surface area contributed by atoms with E-state index in [-0.39, 0.29) is 5.91 Å². The van der Waals surface area contributed by atoms with Gasteiger partial charge in [0.25, 0.3) is 5.91 Å². The number of nitrogens with one attached hydrogen (secondary N) is 2. The van der Waals surface area contributed by atoms with Crippen LogP contribution in [0.3, 0.4) is 0 Å². The molecule has 0 heterocycles. The van der Waals surface area contributed by atoms with Crippen LogP contribution in [0.5, 0.6) is 0 Å². The molecule has 140 valence electrons. The Morgan fingerprint density at radius 2 is 1.76 bits per heavy atom. The second-order valence-electron chi connectivity index (χ2n) is 6.41. The first kappa shape index (κ1) is 21.0. The Balaban J connectivity index is 2.38. The Morgan fingerprint density at radius 3 is 2.32 bits per heavy atom. The summed E-state index contributed by atoms with van der Waals surface area (Å²) in [5.74, 6) is 0.807. The van der Waals surface area contributed by atoms with Crippen LogP contribution in [0, 0.1) is 0 Å². The highest BCUT2D eigenvalue weighted by atomic mass is 16.2. The summed E-state index contributed by atoms with van der Waals surface area (Å²) >= 11 is 0. The summed E-state index contributed by atoms with van der Waals surface area (Å²) in [5.41, 5.74) is 1.81. The number of unbranched alkanes of at least 4 members (excludes halogenated alkanes) is 1. The Kier molecular flexibility index (Phi) is 9.62. The predicted octanol–water partition coefficient (Wildman–Crippen LogP) is 1.79. The number of carbonyl (C=O) groups excluding carboxylic acids is 1. The molecule has 25 heavy (non-hydrogen) atoms. The molecule has 1 aromatic rings. The van der Waals surface area contributed by atoms with Crippen LogP contribution in [0.25, 0.3) is 0 Å². The second-order valence-corrected chi connectivity index (χ2v) is 6.41. The van der Waals surface area contributed by atoms with Crippen molar-refractivity contribution in [3.63, 3.8) is 0 Å². The van der Waals surface area contributed by atoms with Crippen molar-refractivity contribution in [1.29, 1.82) is 0 Å². The fourth-order valence-electron chi connectivity index (χ4n) is 2.33. The van der Waals surface area contributed by atoms with Gasteiger partial charge in [-0.25, -0.2) is 0 Å². The lowest BCUT2D eigenvalue weighted by molar-refractivity contribution is 0.0827. The number of amides is 1. The molecule has 0 saturated heterocycles. The number of carbonyl (C=O) groups is 1. The molecule has 0 spiro atoms. The Bertz CT molecular complexity index is 539. The minimum Gasteiger partial charge on any atom is -0.355 e. The fraction of sp³-hybridized carbons (Fsp3) is 0.579. The predicted molar refractivity (Wildman–Crippen MR) is 105 cm³/mol. The molecule has 0 aliphatic carbocycles. The van der Waals surface area contributed by atoms with Crippen LogP contribution in [-0.2, 0) is 6.54 Å². The number of hydrogen-bond acceptors (Lipinski definition) is 3. The quantitative estimate of drug-likeness (QED) is 0.528. The van der Waals surface area contributed by atoms with E-state index in [1.807, 2.05) is 24.3 Å². The van der Waals surface area contributed by atoms with E-state index in [1.54, 1.807) is 26.0 Å². The Labute approximate surface area is 152 Å². The van der Waals surface area contributed by atoms with Gasteiger partial charge in [0.1, 0.15) is 0 Å². The first-order valence-corrected chi connectivity index (χ1v) is 8.91. The lowest BCUT2D eigenvalue weighted by Gasteiger charge is -2.18. The molecule has 0 radical (unpaired) electrons. The molecule has 0 aromatic heterocycles. The Hall–Kier alpha value is -2.08. The van der Waals surface area contributed by atoms with E-state index in [1.165, 1.54) is 12.8 Å². The number of nitrogens with zero attached hydrogens (tertiary/aromatic N) is 3. The maximum absolute atomic E-state index is 11.9. The maximum Gasteiger partial charge on any atom is 0.253 e. The summed E-state index contributed by atoms with van der Waals surface area (Å²) in [4.78, 5) is 20.0. The number of aliphatic imine (C=N–C) groups is 1. The largest absolute Gasteiger partial charge is 0.355 e. The van der Waals surface area contributed by atoms with Crippen molar-refractivity contribution in [2.75, 3.05) is 47.8 Å². The van der Waals surface area contributed by atoms with Gasteiger partial charge in [0.2, 0.25) is 0 Å². The number of rotatable bonds is 9. The normalized spacial score (nSPS) is 11.5. The average molecular weight is 348 g/mol. The van der Waals surface area contributed by atoms with Gasteiger partial charge in [-0.1, -0.05) is 25.5 Å². The summed E-state index contributed by atoms with van der Waals surface area (Å²) in [5, 5.41) is 6.63. The van der Waals surface area contributed by atoms with Crippen LogP contribution in [0.15, 0.2) is 29.3 Å². The molecular formula is C19H33N5O. The maximum atomic E-state index is 11.9. The van der Waals surface area contributed by atoms with Crippen molar-refractivity contribution in [2.45, 2.75) is 26.3 Å². The zero-order valence-electron chi connectivity index (χ0n) is 16.3. The Morgan fingerprint density at radius 1 is 1.08 bits per heavy atom. The summed E-state index contributed by atoms with van der Waals surface area (Å²) in [6.45, 7) is 5.85. The number of benzene rings is 1. The van der Waals surface area contributed by atoms with Gasteiger partial charge in [-0.15, -0.1) is 0 Å². The van der Waals surface area contributed by atoms with E-state index < -0.39 is 0 Å². The van der Waals surface area contributed by atoms with Gasteiger partial charge in [-0.2, -0.15) is 0 Å². The van der Waals surface area contributed by atoms with E-state index in [0.29, 0.717) is 12.1 Å². The highest BCUT2D eigenvalue weighted by Crippen LogP contribution is 2.06. The van der Waals surface area contributed by atoms with Gasteiger partial charge >= 0.3 is 0 Å². The molecule has 1 rings (SSSR count). The van der Waals surface area contributed by atoms with E-state index in [0.717, 1.165) is 31.2 Å². The lowest BCUT2D eigenvalue weighted by Crippen LogP contribution is -2.40. The molecule has 0 aliphatic heterocycles. The monoisotopic (exact) mass is 347 g/mol. The van der Waals surface area contributed by atoms with Crippen molar-refractivity contribution >= 4 is 11.9 Å². The van der Waals surface area contributed by atoms with Gasteiger partial charge in [0.15, 0.2) is 5.96 Å². The number of hydrogen-bond donors (Lipinski definition) is 2. The van der Waals surface area contributed by atoms with Crippen molar-refractivity contribution in [3.8, 4) is 0 Å². The molecule has 6 heteroatoms. The second kappa shape index (κ2) is 11.5. The zero-order valence-corrected chi connectivity index (χ0v) is 16.3. The van der Waals surface area contributed by atoms with Crippen molar-refractivity contribution in [2.24, 2.45) is 4.99 Å². The summed E-state index contributed by atoms with van der Waals surface area (Å²) < 4.78 is 0. The molecule has 2 N–H and O–H groups in total. The SMILES string of the molecule is CCCCN(C)CCNC(=NC)NCc1ccc(C(=O)N(C)C)cc1. The number of likely N-dealkylation sites (N-methyl/N-ethyl adjacent to an activating group) is 1. The van der Waals surface area contributed by atoms with Gasteiger partial charge in [-0.3, -0.25) is 9.79 Å². The lowest BCUT2D eigenvalue weighted by atomic mass is 10.1. The van der Waals surface area contributed by atoms with Crippen LogP contribution in [0.4, 0.5) is 0 Å². The summed E-state index contributed by atoms with van der Waals surface area (Å²) in [7, 11) is 7.43. The van der Waals surface area contributed by atoms with Crippen LogP contribution < -0.4 is 10.6 Å². The zero-order chi connectivity index (χ0) is 18.7. The molecule has 1 amide bonds. The molecule has 6 nitrogen and oxygen atoms in total. The first-order valence-electron chi connectivity index (χ1n) is 8.91. The highest BCUT2D eigenvalue weighted by Gasteiger charge is 2.07. The molecule has 1 aromatic carbocycles. The van der Waals surface area contributed by atoms with Gasteiger partial charge < -0.3 is 20.4 Å². The number of guanidine groups is 1. The van der Waals surface area contributed by atoms with Gasteiger partial charge in [-0.05, 0) is 37.7 Å². The van der Waals surface area contributed by atoms with Crippen molar-refractivity contribution in [1.82, 2.24) is 20.4 Å². The van der Waals surface area contributed by atoms with E-state index in [2.05, 4.69) is 34.5 Å². The third kappa shape index (κ3) is 8.03.